The topological polar surface area (TPSA) is 64.4 Å². The van der Waals surface area contributed by atoms with Gasteiger partial charge in [0.1, 0.15) is 0 Å². The Labute approximate surface area is 137 Å². The minimum absolute atomic E-state index is 0.0347. The molecule has 2 rings (SSSR count). The SMILES string of the molecule is Cc1cccc(C(=O)N2CCCN(C(=O)CCCC#N)CC2)c1. The van der Waals surface area contributed by atoms with Gasteiger partial charge in [-0.25, -0.2) is 0 Å². The van der Waals surface area contributed by atoms with Gasteiger partial charge in [-0.2, -0.15) is 5.26 Å². The van der Waals surface area contributed by atoms with E-state index in [1.807, 2.05) is 41.0 Å². The summed E-state index contributed by atoms with van der Waals surface area (Å²) in [4.78, 5) is 28.4. The van der Waals surface area contributed by atoms with Crippen LogP contribution in [-0.2, 0) is 4.79 Å². The van der Waals surface area contributed by atoms with E-state index in [4.69, 9.17) is 5.26 Å². The van der Waals surface area contributed by atoms with Crippen molar-refractivity contribution in [3.8, 4) is 6.07 Å². The van der Waals surface area contributed by atoms with E-state index in [9.17, 15) is 9.59 Å². The summed E-state index contributed by atoms with van der Waals surface area (Å²) in [7, 11) is 0. The number of nitrogens with zero attached hydrogens (tertiary/aromatic N) is 3. The van der Waals surface area contributed by atoms with Crippen molar-refractivity contribution >= 4 is 11.8 Å². The molecule has 5 nitrogen and oxygen atoms in total. The summed E-state index contributed by atoms with van der Waals surface area (Å²) in [6.45, 7) is 4.47. The van der Waals surface area contributed by atoms with Gasteiger partial charge in [-0.05, 0) is 31.9 Å². The Balaban J connectivity index is 1.92. The molecule has 23 heavy (non-hydrogen) atoms. The number of rotatable bonds is 4. The van der Waals surface area contributed by atoms with Gasteiger partial charge >= 0.3 is 0 Å². The Hall–Kier alpha value is -2.35. The molecule has 0 spiro atoms. The highest BCUT2D eigenvalue weighted by molar-refractivity contribution is 5.94. The Morgan fingerprint density at radius 3 is 2.65 bits per heavy atom. The van der Waals surface area contributed by atoms with Gasteiger partial charge in [0.2, 0.25) is 5.91 Å². The molecule has 0 aliphatic carbocycles. The predicted molar refractivity (Wildman–Crippen MR) is 87.7 cm³/mol. The highest BCUT2D eigenvalue weighted by atomic mass is 16.2. The normalized spacial score (nSPS) is 15.0. The Morgan fingerprint density at radius 2 is 1.91 bits per heavy atom. The maximum Gasteiger partial charge on any atom is 0.253 e. The van der Waals surface area contributed by atoms with Crippen LogP contribution in [0.4, 0.5) is 0 Å². The minimum Gasteiger partial charge on any atom is -0.341 e. The van der Waals surface area contributed by atoms with Crippen LogP contribution in [0, 0.1) is 18.3 Å². The van der Waals surface area contributed by atoms with Crippen LogP contribution in [0.3, 0.4) is 0 Å². The highest BCUT2D eigenvalue weighted by Crippen LogP contribution is 2.12. The third kappa shape index (κ3) is 4.82. The standard InChI is InChI=1S/C18H23N3O2/c1-15-6-4-7-16(14-15)18(23)21-11-5-10-20(12-13-21)17(22)8-2-3-9-19/h4,6-7,14H,2-3,5,8,10-13H2,1H3. The molecule has 0 aromatic heterocycles. The number of amides is 2. The van der Waals surface area contributed by atoms with Crippen LogP contribution in [0.1, 0.15) is 41.6 Å². The summed E-state index contributed by atoms with van der Waals surface area (Å²) in [5.41, 5.74) is 1.78. The van der Waals surface area contributed by atoms with Gasteiger partial charge in [-0.1, -0.05) is 17.7 Å². The van der Waals surface area contributed by atoms with E-state index < -0.39 is 0 Å². The molecule has 0 unspecified atom stereocenters. The average Bonchev–Trinajstić information content (AvgIpc) is 2.80. The molecule has 1 aliphatic heterocycles. The van der Waals surface area contributed by atoms with Crippen molar-refractivity contribution in [3.63, 3.8) is 0 Å². The predicted octanol–water partition coefficient (Wildman–Crippen LogP) is 2.36. The first kappa shape index (κ1) is 17.0. The molecule has 1 heterocycles. The number of aryl methyl sites for hydroxylation is 1. The van der Waals surface area contributed by atoms with Gasteiger partial charge in [0, 0.05) is 44.6 Å². The molecule has 2 amide bonds. The largest absolute Gasteiger partial charge is 0.341 e. The molecule has 122 valence electrons. The summed E-state index contributed by atoms with van der Waals surface area (Å²) in [6, 6.07) is 9.67. The molecule has 1 aromatic rings. The van der Waals surface area contributed by atoms with E-state index in [1.165, 1.54) is 0 Å². The van der Waals surface area contributed by atoms with Gasteiger partial charge in [-0.3, -0.25) is 9.59 Å². The molecule has 0 bridgehead atoms. The zero-order valence-electron chi connectivity index (χ0n) is 13.6. The van der Waals surface area contributed by atoms with Crippen LogP contribution < -0.4 is 0 Å². The van der Waals surface area contributed by atoms with Gasteiger partial charge in [0.05, 0.1) is 6.07 Å². The number of carbonyl (C=O) groups is 2. The lowest BCUT2D eigenvalue weighted by Gasteiger charge is -2.22. The molecule has 0 N–H and O–H groups in total. The number of unbranched alkanes of at least 4 members (excludes halogenated alkanes) is 1. The van der Waals surface area contributed by atoms with Gasteiger partial charge in [-0.15, -0.1) is 0 Å². The second-order valence-corrected chi connectivity index (χ2v) is 5.91. The monoisotopic (exact) mass is 313 g/mol. The molecular weight excluding hydrogens is 290 g/mol. The van der Waals surface area contributed by atoms with Crippen LogP contribution in [0.25, 0.3) is 0 Å². The summed E-state index contributed by atoms with van der Waals surface area (Å²) in [5.74, 6) is 0.123. The first-order chi connectivity index (χ1) is 11.1. The number of hydrogen-bond acceptors (Lipinski definition) is 3. The Bertz CT molecular complexity index is 607. The number of benzene rings is 1. The third-order valence-electron chi connectivity index (χ3n) is 4.08. The summed E-state index contributed by atoms with van der Waals surface area (Å²) < 4.78 is 0. The number of hydrogen-bond donors (Lipinski definition) is 0. The molecule has 1 aliphatic rings. The van der Waals surface area contributed by atoms with Crippen molar-refractivity contribution in [1.82, 2.24) is 9.80 Å². The number of carbonyl (C=O) groups excluding carboxylic acids is 2. The average molecular weight is 313 g/mol. The molecule has 1 fully saturated rings. The highest BCUT2D eigenvalue weighted by Gasteiger charge is 2.22. The molecule has 0 radical (unpaired) electrons. The van der Waals surface area contributed by atoms with Crippen molar-refractivity contribution in [1.29, 1.82) is 5.26 Å². The van der Waals surface area contributed by atoms with Crippen molar-refractivity contribution in [2.45, 2.75) is 32.6 Å². The van der Waals surface area contributed by atoms with Crippen LogP contribution in [0.5, 0.6) is 0 Å². The lowest BCUT2D eigenvalue weighted by Crippen LogP contribution is -2.37. The fraction of sp³-hybridized carbons (Fsp3) is 0.500. The van der Waals surface area contributed by atoms with E-state index in [1.54, 1.807) is 0 Å². The van der Waals surface area contributed by atoms with E-state index in [2.05, 4.69) is 6.07 Å². The summed E-state index contributed by atoms with van der Waals surface area (Å²) >= 11 is 0. The molecule has 1 saturated heterocycles. The molecule has 0 atom stereocenters. The molecule has 1 aromatic carbocycles. The smallest absolute Gasteiger partial charge is 0.253 e. The van der Waals surface area contributed by atoms with E-state index in [-0.39, 0.29) is 11.8 Å². The lowest BCUT2D eigenvalue weighted by molar-refractivity contribution is -0.131. The van der Waals surface area contributed by atoms with E-state index in [0.29, 0.717) is 51.0 Å². The fourth-order valence-electron chi connectivity index (χ4n) is 2.81. The quantitative estimate of drug-likeness (QED) is 0.802. The van der Waals surface area contributed by atoms with Crippen LogP contribution in [0.2, 0.25) is 0 Å². The van der Waals surface area contributed by atoms with Crippen molar-refractivity contribution < 1.29 is 9.59 Å². The minimum atomic E-state index is 0.0347. The molecule has 0 saturated carbocycles. The second kappa shape index (κ2) is 8.33. The van der Waals surface area contributed by atoms with Crippen LogP contribution >= 0.6 is 0 Å². The lowest BCUT2D eigenvalue weighted by atomic mass is 10.1. The van der Waals surface area contributed by atoms with Gasteiger partial charge < -0.3 is 9.80 Å². The maximum atomic E-state index is 12.6. The second-order valence-electron chi connectivity index (χ2n) is 5.91. The van der Waals surface area contributed by atoms with Crippen LogP contribution in [-0.4, -0.2) is 47.8 Å². The van der Waals surface area contributed by atoms with Crippen LogP contribution in [0.15, 0.2) is 24.3 Å². The first-order valence-corrected chi connectivity index (χ1v) is 8.12. The molecular formula is C18H23N3O2. The first-order valence-electron chi connectivity index (χ1n) is 8.12. The van der Waals surface area contributed by atoms with Gasteiger partial charge in [0.25, 0.3) is 5.91 Å². The zero-order chi connectivity index (χ0) is 16.7. The van der Waals surface area contributed by atoms with Crippen molar-refractivity contribution in [2.24, 2.45) is 0 Å². The summed E-state index contributed by atoms with van der Waals surface area (Å²) in [6.07, 6.45) is 2.23. The maximum absolute atomic E-state index is 12.6. The zero-order valence-corrected chi connectivity index (χ0v) is 13.6. The van der Waals surface area contributed by atoms with Crippen molar-refractivity contribution in [2.75, 3.05) is 26.2 Å². The Kier molecular flexibility index (Phi) is 6.16. The van der Waals surface area contributed by atoms with E-state index in [0.717, 1.165) is 12.0 Å². The van der Waals surface area contributed by atoms with Crippen molar-refractivity contribution in [3.05, 3.63) is 35.4 Å². The fourth-order valence-corrected chi connectivity index (χ4v) is 2.81. The number of nitriles is 1. The molecule has 5 heteroatoms. The third-order valence-corrected chi connectivity index (χ3v) is 4.08. The summed E-state index contributed by atoms with van der Waals surface area (Å²) in [5, 5.41) is 8.54. The Morgan fingerprint density at radius 1 is 1.17 bits per heavy atom. The van der Waals surface area contributed by atoms with Gasteiger partial charge in [0.15, 0.2) is 0 Å². The van der Waals surface area contributed by atoms with E-state index >= 15 is 0 Å².